The average Bonchev–Trinajstić information content (AvgIpc) is 2.44. The monoisotopic (exact) mass is 276 g/mol. The Balaban J connectivity index is 2.17. The van der Waals surface area contributed by atoms with E-state index in [4.69, 9.17) is 0 Å². The molecule has 1 amide bonds. The van der Waals surface area contributed by atoms with Crippen molar-refractivity contribution in [1.82, 2.24) is 20.2 Å². The number of carbonyl (C=O) groups excluding carboxylic acids is 1. The minimum Gasteiger partial charge on any atom is -0.351 e. The van der Waals surface area contributed by atoms with E-state index >= 15 is 0 Å². The van der Waals surface area contributed by atoms with Crippen LogP contribution in [0, 0.1) is 6.92 Å². The van der Waals surface area contributed by atoms with Crippen molar-refractivity contribution in [3.8, 4) is 0 Å². The van der Waals surface area contributed by atoms with Crippen LogP contribution in [0.15, 0.2) is 6.07 Å². The highest BCUT2D eigenvalue weighted by molar-refractivity contribution is 5.92. The van der Waals surface area contributed by atoms with Crippen molar-refractivity contribution in [2.45, 2.75) is 39.0 Å². The van der Waals surface area contributed by atoms with Gasteiger partial charge in [0.15, 0.2) is 0 Å². The summed E-state index contributed by atoms with van der Waals surface area (Å²) in [5, 5.41) is 2.88. The highest BCUT2D eigenvalue weighted by Gasteiger charge is 2.22. The summed E-state index contributed by atoms with van der Waals surface area (Å²) in [6.07, 6.45) is 3.19. The standard InChI is InChI=1S/C15H24N4O/c1-4-7-16-15(20)13-9-11(2)17-14(18-13)12-6-5-8-19(3)10-12/h9,12H,4-8,10H2,1-3H3,(H,16,20)/t12-/m0/s1. The number of nitrogens with zero attached hydrogens (tertiary/aromatic N) is 3. The molecule has 1 saturated heterocycles. The summed E-state index contributed by atoms with van der Waals surface area (Å²) >= 11 is 0. The van der Waals surface area contributed by atoms with E-state index in [1.807, 2.05) is 13.8 Å². The minimum atomic E-state index is -0.0947. The number of amides is 1. The van der Waals surface area contributed by atoms with E-state index in [0.717, 1.165) is 43.9 Å². The van der Waals surface area contributed by atoms with Crippen molar-refractivity contribution >= 4 is 5.91 Å². The molecule has 1 aromatic rings. The second kappa shape index (κ2) is 6.79. The van der Waals surface area contributed by atoms with Crippen LogP contribution >= 0.6 is 0 Å². The van der Waals surface area contributed by atoms with Gasteiger partial charge >= 0.3 is 0 Å². The zero-order valence-electron chi connectivity index (χ0n) is 12.6. The maximum absolute atomic E-state index is 12.0. The maximum atomic E-state index is 12.0. The molecule has 1 fully saturated rings. The smallest absolute Gasteiger partial charge is 0.270 e. The number of likely N-dealkylation sites (tertiary alicyclic amines) is 1. The number of nitrogens with one attached hydrogen (secondary N) is 1. The van der Waals surface area contributed by atoms with E-state index in [2.05, 4.69) is 27.2 Å². The van der Waals surface area contributed by atoms with Gasteiger partial charge in [-0.25, -0.2) is 9.97 Å². The molecule has 0 unspecified atom stereocenters. The molecule has 0 aliphatic carbocycles. The first-order valence-corrected chi connectivity index (χ1v) is 7.42. The molecule has 5 heteroatoms. The second-order valence-corrected chi connectivity index (χ2v) is 5.61. The predicted molar refractivity (Wildman–Crippen MR) is 78.9 cm³/mol. The summed E-state index contributed by atoms with van der Waals surface area (Å²) in [7, 11) is 2.12. The van der Waals surface area contributed by atoms with Gasteiger partial charge in [0.2, 0.25) is 0 Å². The van der Waals surface area contributed by atoms with Crippen LogP contribution in [0.2, 0.25) is 0 Å². The molecule has 0 saturated carbocycles. The number of piperidine rings is 1. The number of hydrogen-bond donors (Lipinski definition) is 1. The number of aryl methyl sites for hydroxylation is 1. The zero-order chi connectivity index (χ0) is 14.5. The summed E-state index contributed by atoms with van der Waals surface area (Å²) in [6.45, 7) is 6.75. The Morgan fingerprint density at radius 1 is 1.50 bits per heavy atom. The average molecular weight is 276 g/mol. The molecule has 1 aliphatic rings. The largest absolute Gasteiger partial charge is 0.351 e. The van der Waals surface area contributed by atoms with Gasteiger partial charge in [-0.1, -0.05) is 6.92 Å². The number of carbonyl (C=O) groups is 1. The normalized spacial score (nSPS) is 19.9. The van der Waals surface area contributed by atoms with Gasteiger partial charge in [0.05, 0.1) is 0 Å². The van der Waals surface area contributed by atoms with Gasteiger partial charge < -0.3 is 10.2 Å². The fourth-order valence-electron chi connectivity index (χ4n) is 2.60. The van der Waals surface area contributed by atoms with Crippen LogP contribution in [-0.2, 0) is 0 Å². The molecule has 0 aromatic carbocycles. The van der Waals surface area contributed by atoms with E-state index in [0.29, 0.717) is 18.2 Å². The number of rotatable bonds is 4. The molecule has 5 nitrogen and oxygen atoms in total. The molecule has 0 bridgehead atoms. The highest BCUT2D eigenvalue weighted by Crippen LogP contribution is 2.23. The van der Waals surface area contributed by atoms with Gasteiger partial charge in [-0.05, 0) is 45.8 Å². The Morgan fingerprint density at radius 3 is 3.00 bits per heavy atom. The van der Waals surface area contributed by atoms with Crippen molar-refractivity contribution in [3.63, 3.8) is 0 Å². The summed E-state index contributed by atoms with van der Waals surface area (Å²) in [5.41, 5.74) is 1.36. The third-order valence-corrected chi connectivity index (χ3v) is 3.63. The maximum Gasteiger partial charge on any atom is 0.270 e. The van der Waals surface area contributed by atoms with Crippen molar-refractivity contribution in [3.05, 3.63) is 23.3 Å². The van der Waals surface area contributed by atoms with Crippen LogP contribution in [0.4, 0.5) is 0 Å². The molecule has 1 aliphatic heterocycles. The molecular weight excluding hydrogens is 252 g/mol. The van der Waals surface area contributed by atoms with Gasteiger partial charge in [0.1, 0.15) is 11.5 Å². The third kappa shape index (κ3) is 3.76. The van der Waals surface area contributed by atoms with E-state index in [-0.39, 0.29) is 5.91 Å². The zero-order valence-corrected chi connectivity index (χ0v) is 12.6. The lowest BCUT2D eigenvalue weighted by molar-refractivity contribution is 0.0947. The van der Waals surface area contributed by atoms with E-state index in [1.165, 1.54) is 0 Å². The van der Waals surface area contributed by atoms with Crippen molar-refractivity contribution in [1.29, 1.82) is 0 Å². The summed E-state index contributed by atoms with van der Waals surface area (Å²) in [4.78, 5) is 23.4. The van der Waals surface area contributed by atoms with Crippen LogP contribution in [-0.4, -0.2) is 47.5 Å². The van der Waals surface area contributed by atoms with E-state index < -0.39 is 0 Å². The number of likely N-dealkylation sites (N-methyl/N-ethyl adjacent to an activating group) is 1. The van der Waals surface area contributed by atoms with Gasteiger partial charge in [0, 0.05) is 24.7 Å². The van der Waals surface area contributed by atoms with E-state index in [9.17, 15) is 4.79 Å². The Hall–Kier alpha value is -1.49. The van der Waals surface area contributed by atoms with Gasteiger partial charge in [-0.15, -0.1) is 0 Å². The SMILES string of the molecule is CCCNC(=O)c1cc(C)nc([C@H]2CCCN(C)C2)n1. The predicted octanol–water partition coefficient (Wildman–Crippen LogP) is 1.73. The second-order valence-electron chi connectivity index (χ2n) is 5.61. The van der Waals surface area contributed by atoms with Crippen molar-refractivity contribution in [2.24, 2.45) is 0 Å². The van der Waals surface area contributed by atoms with Crippen LogP contribution < -0.4 is 5.32 Å². The summed E-state index contributed by atoms with van der Waals surface area (Å²) in [5.74, 6) is 1.06. The van der Waals surface area contributed by atoms with Crippen LogP contribution in [0.1, 0.15) is 54.1 Å². The molecule has 110 valence electrons. The van der Waals surface area contributed by atoms with Crippen molar-refractivity contribution in [2.75, 3.05) is 26.7 Å². The first kappa shape index (κ1) is 14.9. The Kier molecular flexibility index (Phi) is 5.06. The highest BCUT2D eigenvalue weighted by atomic mass is 16.1. The molecule has 1 N–H and O–H groups in total. The third-order valence-electron chi connectivity index (χ3n) is 3.63. The number of hydrogen-bond acceptors (Lipinski definition) is 4. The van der Waals surface area contributed by atoms with Crippen LogP contribution in [0.5, 0.6) is 0 Å². The first-order valence-electron chi connectivity index (χ1n) is 7.42. The first-order chi connectivity index (χ1) is 9.60. The lowest BCUT2D eigenvalue weighted by Gasteiger charge is -2.28. The van der Waals surface area contributed by atoms with Gasteiger partial charge in [-0.2, -0.15) is 0 Å². The minimum absolute atomic E-state index is 0.0947. The molecule has 1 aromatic heterocycles. The lowest BCUT2D eigenvalue weighted by atomic mass is 9.97. The molecule has 0 spiro atoms. The van der Waals surface area contributed by atoms with Crippen LogP contribution in [0.3, 0.4) is 0 Å². The molecule has 20 heavy (non-hydrogen) atoms. The van der Waals surface area contributed by atoms with Gasteiger partial charge in [-0.3, -0.25) is 4.79 Å². The quantitative estimate of drug-likeness (QED) is 0.910. The topological polar surface area (TPSA) is 58.1 Å². The summed E-state index contributed by atoms with van der Waals surface area (Å²) < 4.78 is 0. The van der Waals surface area contributed by atoms with Crippen molar-refractivity contribution < 1.29 is 4.79 Å². The van der Waals surface area contributed by atoms with E-state index in [1.54, 1.807) is 6.07 Å². The molecule has 2 rings (SSSR count). The Bertz CT molecular complexity index is 475. The van der Waals surface area contributed by atoms with Crippen LogP contribution in [0.25, 0.3) is 0 Å². The number of aromatic nitrogens is 2. The molecule has 0 radical (unpaired) electrons. The fourth-order valence-corrected chi connectivity index (χ4v) is 2.60. The lowest BCUT2D eigenvalue weighted by Crippen LogP contribution is -2.32. The molecular formula is C15H24N4O. The fraction of sp³-hybridized carbons (Fsp3) is 0.667. The molecule has 2 heterocycles. The Labute approximate surface area is 120 Å². The molecule has 1 atom stereocenters. The Morgan fingerprint density at radius 2 is 2.30 bits per heavy atom. The summed E-state index contributed by atoms with van der Waals surface area (Å²) in [6, 6.07) is 1.76. The van der Waals surface area contributed by atoms with Gasteiger partial charge in [0.25, 0.3) is 5.91 Å².